The van der Waals surface area contributed by atoms with Crippen molar-refractivity contribution in [3.8, 4) is 11.5 Å². The predicted octanol–water partition coefficient (Wildman–Crippen LogP) is 3.72. The van der Waals surface area contributed by atoms with Crippen molar-refractivity contribution in [3.05, 3.63) is 42.5 Å². The van der Waals surface area contributed by atoms with Crippen molar-refractivity contribution in [2.45, 2.75) is 57.1 Å². The molecule has 1 N–H and O–H groups in total. The van der Waals surface area contributed by atoms with E-state index in [0.717, 1.165) is 18.4 Å². The van der Waals surface area contributed by atoms with Crippen molar-refractivity contribution in [1.29, 1.82) is 0 Å². The zero-order chi connectivity index (χ0) is 27.2. The van der Waals surface area contributed by atoms with Crippen LogP contribution in [0, 0.1) is 0 Å². The fourth-order valence-electron chi connectivity index (χ4n) is 4.89. The first-order chi connectivity index (χ1) is 18.3. The first-order valence-electron chi connectivity index (χ1n) is 12.7. The molecule has 0 aliphatic carbocycles. The average Bonchev–Trinajstić information content (AvgIpc) is 3.27. The van der Waals surface area contributed by atoms with Gasteiger partial charge in [0.15, 0.2) is 24.0 Å². The van der Waals surface area contributed by atoms with E-state index < -0.39 is 30.6 Å². The Balaban J connectivity index is 1.79. The van der Waals surface area contributed by atoms with E-state index in [2.05, 4.69) is 13.2 Å². The van der Waals surface area contributed by atoms with Crippen molar-refractivity contribution in [3.63, 3.8) is 0 Å². The van der Waals surface area contributed by atoms with E-state index in [-0.39, 0.29) is 54.7 Å². The smallest absolute Gasteiger partial charge is 0.416 e. The third-order valence-corrected chi connectivity index (χ3v) is 6.65. The summed E-state index contributed by atoms with van der Waals surface area (Å²) in [6.45, 7) is 8.63. The minimum absolute atomic E-state index is 0.0406. The van der Waals surface area contributed by atoms with Gasteiger partial charge < -0.3 is 33.7 Å². The molecule has 2 amide bonds. The number of nitrogens with zero attached hydrogens (tertiary/aromatic N) is 2. The molecule has 0 aromatic heterocycles. The number of amides is 2. The monoisotopic (exact) mass is 530 g/mol. The summed E-state index contributed by atoms with van der Waals surface area (Å²) in [7, 11) is 1.44. The van der Waals surface area contributed by atoms with Crippen LogP contribution in [0.2, 0.25) is 0 Å². The topological polar surface area (TPSA) is 124 Å². The lowest BCUT2D eigenvalue weighted by atomic mass is 10.1. The number of anilines is 1. The summed E-state index contributed by atoms with van der Waals surface area (Å²) in [6, 6.07) is 2.54. The number of methoxy groups -OCH3 is 1. The minimum Gasteiger partial charge on any atom is -0.493 e. The highest BCUT2D eigenvalue weighted by Gasteiger charge is 2.48. The Bertz CT molecular complexity index is 1080. The highest BCUT2D eigenvalue weighted by atomic mass is 16.7. The highest BCUT2D eigenvalue weighted by molar-refractivity contribution is 6.06. The number of rotatable bonds is 10. The van der Waals surface area contributed by atoms with Gasteiger partial charge in [-0.25, -0.2) is 9.69 Å². The number of hydrogen-bond acceptors (Lipinski definition) is 8. The van der Waals surface area contributed by atoms with Crippen LogP contribution in [0.4, 0.5) is 10.5 Å². The molecule has 1 aromatic rings. The molecule has 0 bridgehead atoms. The highest BCUT2D eigenvalue weighted by Crippen LogP contribution is 2.43. The summed E-state index contributed by atoms with van der Waals surface area (Å²) in [5, 5.41) is 8.94. The Morgan fingerprint density at radius 1 is 1.26 bits per heavy atom. The summed E-state index contributed by atoms with van der Waals surface area (Å²) in [6.07, 6.45) is 2.39. The summed E-state index contributed by atoms with van der Waals surface area (Å²) < 4.78 is 29.0. The first kappa shape index (κ1) is 27.5. The van der Waals surface area contributed by atoms with Gasteiger partial charge in [0, 0.05) is 25.6 Å². The third-order valence-electron chi connectivity index (χ3n) is 6.65. The van der Waals surface area contributed by atoms with Crippen LogP contribution >= 0.6 is 0 Å². The molecule has 2 fully saturated rings. The molecule has 2 saturated heterocycles. The van der Waals surface area contributed by atoms with Gasteiger partial charge in [0.25, 0.3) is 5.91 Å². The molecule has 3 atom stereocenters. The van der Waals surface area contributed by atoms with Gasteiger partial charge >= 0.3 is 12.1 Å². The minimum atomic E-state index is -0.934. The van der Waals surface area contributed by atoms with Crippen LogP contribution in [-0.2, 0) is 19.0 Å². The maximum absolute atomic E-state index is 13.8. The molecule has 0 saturated carbocycles. The molecule has 0 spiro atoms. The second kappa shape index (κ2) is 12.3. The van der Waals surface area contributed by atoms with Gasteiger partial charge in [-0.05, 0) is 38.2 Å². The van der Waals surface area contributed by atoms with Gasteiger partial charge in [-0.15, -0.1) is 0 Å². The summed E-state index contributed by atoms with van der Waals surface area (Å²) in [5.74, 6) is -0.714. The van der Waals surface area contributed by atoms with Crippen molar-refractivity contribution in [1.82, 2.24) is 4.90 Å². The van der Waals surface area contributed by atoms with E-state index in [4.69, 9.17) is 28.8 Å². The Kier molecular flexibility index (Phi) is 8.90. The van der Waals surface area contributed by atoms with Gasteiger partial charge in [0.05, 0.1) is 31.0 Å². The number of carbonyl (C=O) groups is 3. The molecule has 2 unspecified atom stereocenters. The molecule has 4 rings (SSSR count). The molecule has 3 aliphatic rings. The summed E-state index contributed by atoms with van der Waals surface area (Å²) in [4.78, 5) is 41.3. The molecule has 0 radical (unpaired) electrons. The Morgan fingerprint density at radius 2 is 2.08 bits per heavy atom. The van der Waals surface area contributed by atoms with Crippen LogP contribution in [0.3, 0.4) is 0 Å². The van der Waals surface area contributed by atoms with E-state index in [1.807, 2.05) is 0 Å². The summed E-state index contributed by atoms with van der Waals surface area (Å²) >= 11 is 0. The number of carboxylic acid groups (broad SMARTS) is 1. The van der Waals surface area contributed by atoms with Crippen molar-refractivity contribution >= 4 is 23.7 Å². The standard InChI is InChI=1S/C27H34N2O9/c1-4-10-37-27(33)29-19-15-22(35-12-7-8-23(30)31)21(34-3)14-18(19)25(32)28-16-17(2)13-20(28)26(29)38-24-9-5-6-11-36-24/h4,14-15,20,24,26H,1-2,5-13,16H2,3H3,(H,30,31)/t20-,24?,26?/m1/s1. The fraction of sp³-hybridized carbons (Fsp3) is 0.519. The van der Waals surface area contributed by atoms with Crippen molar-refractivity contribution in [2.75, 3.05) is 38.4 Å². The Hall–Kier alpha value is -3.57. The third kappa shape index (κ3) is 5.94. The summed E-state index contributed by atoms with van der Waals surface area (Å²) in [5.41, 5.74) is 1.29. The molecule has 11 heteroatoms. The van der Waals surface area contributed by atoms with E-state index in [1.54, 1.807) is 4.90 Å². The molecule has 3 aliphatic heterocycles. The fourth-order valence-corrected chi connectivity index (χ4v) is 4.89. The SMILES string of the molecule is C=CCOC(=O)N1c2cc(OCCCC(=O)O)c(OC)cc2C(=O)N2CC(=C)C[C@@H]2C1OC1CCCCO1. The van der Waals surface area contributed by atoms with Crippen LogP contribution in [0.25, 0.3) is 0 Å². The molecular weight excluding hydrogens is 496 g/mol. The number of carboxylic acids is 1. The van der Waals surface area contributed by atoms with Crippen LogP contribution in [0.5, 0.6) is 11.5 Å². The van der Waals surface area contributed by atoms with Crippen molar-refractivity contribution in [2.24, 2.45) is 0 Å². The maximum atomic E-state index is 13.8. The quantitative estimate of drug-likeness (QED) is 0.356. The zero-order valence-electron chi connectivity index (χ0n) is 21.6. The van der Waals surface area contributed by atoms with E-state index in [9.17, 15) is 14.4 Å². The number of fused-ring (bicyclic) bond motifs is 2. The second-order valence-electron chi connectivity index (χ2n) is 9.38. The lowest BCUT2D eigenvalue weighted by Crippen LogP contribution is -2.54. The molecule has 38 heavy (non-hydrogen) atoms. The Labute approximate surface area is 221 Å². The number of hydrogen-bond donors (Lipinski definition) is 1. The predicted molar refractivity (Wildman–Crippen MR) is 136 cm³/mol. The van der Waals surface area contributed by atoms with Crippen LogP contribution in [-0.4, -0.2) is 80.0 Å². The number of carbonyl (C=O) groups excluding carboxylic acids is 2. The zero-order valence-corrected chi connectivity index (χ0v) is 21.6. The van der Waals surface area contributed by atoms with Crippen molar-refractivity contribution < 1.29 is 43.2 Å². The van der Waals surface area contributed by atoms with Gasteiger partial charge in [-0.1, -0.05) is 24.8 Å². The maximum Gasteiger partial charge on any atom is 0.416 e. The van der Waals surface area contributed by atoms with Gasteiger partial charge in [0.1, 0.15) is 6.61 Å². The number of aliphatic carboxylic acids is 1. The average molecular weight is 531 g/mol. The molecule has 206 valence electrons. The van der Waals surface area contributed by atoms with Gasteiger partial charge in [0.2, 0.25) is 0 Å². The molecule has 11 nitrogen and oxygen atoms in total. The van der Waals surface area contributed by atoms with E-state index in [1.165, 1.54) is 30.2 Å². The lowest BCUT2D eigenvalue weighted by molar-refractivity contribution is -0.195. The van der Waals surface area contributed by atoms with Crippen LogP contribution < -0.4 is 14.4 Å². The van der Waals surface area contributed by atoms with Gasteiger partial charge in [-0.3, -0.25) is 9.59 Å². The lowest BCUT2D eigenvalue weighted by Gasteiger charge is -2.38. The molecular formula is C27H34N2O9. The molecule has 3 heterocycles. The number of benzene rings is 1. The first-order valence-corrected chi connectivity index (χ1v) is 12.7. The second-order valence-corrected chi connectivity index (χ2v) is 9.38. The number of ether oxygens (including phenoxy) is 5. The van der Waals surface area contributed by atoms with E-state index >= 15 is 0 Å². The van der Waals surface area contributed by atoms with E-state index in [0.29, 0.717) is 26.0 Å². The van der Waals surface area contributed by atoms with Crippen LogP contribution in [0.15, 0.2) is 36.9 Å². The molecule has 1 aromatic carbocycles. The van der Waals surface area contributed by atoms with Crippen LogP contribution in [0.1, 0.15) is 48.9 Å². The Morgan fingerprint density at radius 3 is 2.76 bits per heavy atom. The van der Waals surface area contributed by atoms with Gasteiger partial charge in [-0.2, -0.15) is 0 Å². The largest absolute Gasteiger partial charge is 0.493 e. The normalized spacial score (nSPS) is 22.8.